The second kappa shape index (κ2) is 37.9. The molecule has 1 aliphatic carbocycles. The lowest BCUT2D eigenvalue weighted by molar-refractivity contribution is 0.0289. The van der Waals surface area contributed by atoms with Gasteiger partial charge in [-0.05, 0) is 183 Å². The molecule has 3 aliphatic rings. The number of halogens is 5. The molecule has 23 nitrogen and oxygen atoms in total. The number of nitrogens with one attached hydrogen (secondary N) is 4. The largest absolute Gasteiger partial charge is 0.496 e. The van der Waals surface area contributed by atoms with Gasteiger partial charge in [-0.15, -0.1) is 12.4 Å². The normalized spacial score (nSPS) is 15.0. The minimum atomic E-state index is -4.00. The molecule has 96 heavy (non-hydrogen) atoms. The van der Waals surface area contributed by atoms with Gasteiger partial charge in [-0.2, -0.15) is 40.5 Å². The Bertz CT molecular complexity index is 4020. The Morgan fingerprint density at radius 3 is 1.26 bits per heavy atom. The van der Waals surface area contributed by atoms with Crippen LogP contribution >= 0.6 is 63.6 Å². The van der Waals surface area contributed by atoms with E-state index >= 15 is 0 Å². The molecule has 9 rings (SSSR count). The molecule has 1 saturated carbocycles. The standard InChI is InChI=1S/C24H30FN3O6S.C19H22FN3O4S.C14H12ClFN2O4S.C5H11N.ClH.3H2S/c1-15-19(25)7-9-21(26-15)27-22(29)18-12-17(6-8-20(18)33-5)35(31,32)14-16-10-11-28(13-16)23(30)34-24(2,3)4;1-12-16(20)4-6-18(22-12)23-19(24)15-9-14(3-5-17(15)27-2)28(25,26)11-13-7-8-21-10-13;1-8-11(16)4-6-13(17-8)18-14(19)10-7-9(23(15,20)21)3-5-12(10)22-2;6-5-3-1-2-4-5;;;;/h6-9,12,16H,10-11,13-14H2,1-5H3,(H,26,27,29);3-6,9,13,21H,7-8,10-11H2,1-2H3,(H,22,23,24);3-7H,1-2H3,(H,17,18,19);5H,1-4,6H2;1H;3*1H2/t16-;13-;;;;;;/m00....../s1. The summed E-state index contributed by atoms with van der Waals surface area (Å²) in [4.78, 5) is 63.2. The van der Waals surface area contributed by atoms with Crippen molar-refractivity contribution in [3.8, 4) is 17.2 Å². The van der Waals surface area contributed by atoms with E-state index in [4.69, 9.17) is 35.4 Å². The number of methoxy groups -OCH3 is 3. The fraction of sp³-hybridized carbons (Fsp3) is 0.403. The molecule has 6 N–H and O–H groups in total. The SMILES string of the molecule is COc1ccc(S(=O)(=O)C[C@H]2CCN(C(=O)OC(C)(C)C)C2)cc1C(=O)Nc1ccc(F)c(C)n1.COc1ccc(S(=O)(=O)C[C@H]2CCNC2)cc1C(=O)Nc1ccc(F)c(C)n1.COc1ccc(S(=O)(=O)Cl)cc1C(=O)Nc1ccc(F)c(C)n1.Cl.NC1CCCC1.S.S.S. The highest BCUT2D eigenvalue weighted by atomic mass is 35.7. The summed E-state index contributed by atoms with van der Waals surface area (Å²) in [6.07, 6.45) is 6.11. The molecule has 530 valence electrons. The topological polar surface area (TPSA) is 324 Å². The summed E-state index contributed by atoms with van der Waals surface area (Å²) in [5.41, 5.74) is 5.30. The van der Waals surface area contributed by atoms with Gasteiger partial charge in [0.15, 0.2) is 19.7 Å². The Kier molecular flexibility index (Phi) is 33.8. The van der Waals surface area contributed by atoms with Crippen LogP contribution in [0.5, 0.6) is 17.2 Å². The van der Waals surface area contributed by atoms with Crippen molar-refractivity contribution in [3.05, 3.63) is 142 Å². The number of carbonyl (C=O) groups excluding carboxylic acids is 4. The van der Waals surface area contributed by atoms with E-state index in [2.05, 4.69) is 36.2 Å². The van der Waals surface area contributed by atoms with Gasteiger partial charge in [0.2, 0.25) is 0 Å². The molecule has 2 saturated heterocycles. The molecule has 3 fully saturated rings. The molecule has 3 aromatic heterocycles. The Morgan fingerprint density at radius 2 is 0.948 bits per heavy atom. The van der Waals surface area contributed by atoms with Gasteiger partial charge in [0.1, 0.15) is 57.8 Å². The van der Waals surface area contributed by atoms with Crippen LogP contribution in [0, 0.1) is 50.1 Å². The third-order valence-electron chi connectivity index (χ3n) is 14.4. The molecule has 5 heterocycles. The number of anilines is 3. The Morgan fingerprint density at radius 1 is 0.583 bits per heavy atom. The van der Waals surface area contributed by atoms with Crippen LogP contribution in [0.25, 0.3) is 0 Å². The number of aryl methyl sites for hydroxylation is 3. The number of likely N-dealkylation sites (tertiary alicyclic amines) is 1. The van der Waals surface area contributed by atoms with Gasteiger partial charge in [0, 0.05) is 29.8 Å². The summed E-state index contributed by atoms with van der Waals surface area (Å²) in [5, 5.41) is 10.7. The smallest absolute Gasteiger partial charge is 0.410 e. The minimum absolute atomic E-state index is 0. The number of ether oxygens (including phenoxy) is 4. The van der Waals surface area contributed by atoms with Crippen LogP contribution in [0.1, 0.15) is 107 Å². The lowest BCUT2D eigenvalue weighted by Gasteiger charge is -2.24. The number of rotatable bonds is 16. The molecule has 6 aromatic rings. The first kappa shape index (κ1) is 85.5. The summed E-state index contributed by atoms with van der Waals surface area (Å²) in [7, 11) is -1.95. The van der Waals surface area contributed by atoms with Crippen LogP contribution in [-0.4, -0.2) is 140 Å². The molecule has 4 amide bonds. The molecule has 0 radical (unpaired) electrons. The highest BCUT2D eigenvalue weighted by Crippen LogP contribution is 2.31. The monoisotopic (exact) mass is 1500 g/mol. The van der Waals surface area contributed by atoms with Crippen molar-refractivity contribution in [2.24, 2.45) is 17.6 Å². The van der Waals surface area contributed by atoms with E-state index in [0.29, 0.717) is 25.6 Å². The number of carbonyl (C=O) groups is 4. The molecule has 34 heteroatoms. The van der Waals surface area contributed by atoms with E-state index < -0.39 is 75.6 Å². The zero-order valence-corrected chi connectivity index (χ0v) is 61.1. The van der Waals surface area contributed by atoms with E-state index in [1.807, 2.05) is 0 Å². The van der Waals surface area contributed by atoms with Crippen molar-refractivity contribution in [1.29, 1.82) is 0 Å². The maximum Gasteiger partial charge on any atom is 0.410 e. The van der Waals surface area contributed by atoms with Gasteiger partial charge in [0.05, 0.1) is 81.3 Å². The fourth-order valence-electron chi connectivity index (χ4n) is 9.61. The van der Waals surface area contributed by atoms with E-state index in [1.165, 1.54) is 152 Å². The third-order valence-corrected chi connectivity index (χ3v) is 19.6. The summed E-state index contributed by atoms with van der Waals surface area (Å²) in [6.45, 7) is 11.9. The number of nitrogens with zero attached hydrogens (tertiary/aromatic N) is 4. The van der Waals surface area contributed by atoms with Crippen LogP contribution in [0.3, 0.4) is 0 Å². The van der Waals surface area contributed by atoms with Gasteiger partial charge in [0.25, 0.3) is 26.8 Å². The number of hydrogen-bond donors (Lipinski definition) is 5. The number of benzene rings is 3. The lowest BCUT2D eigenvalue weighted by Crippen LogP contribution is -2.35. The second-order valence-corrected chi connectivity index (χ2v) is 29.4. The number of hydrogen-bond acceptors (Lipinski definition) is 19. The molecule has 0 bridgehead atoms. The zero-order valence-electron chi connectivity index (χ0n) is 54.1. The molecule has 2 atom stereocenters. The van der Waals surface area contributed by atoms with Gasteiger partial charge in [-0.3, -0.25) is 14.4 Å². The summed E-state index contributed by atoms with van der Waals surface area (Å²) < 4.78 is 135. The van der Waals surface area contributed by atoms with Crippen molar-refractivity contribution < 1.29 is 76.6 Å². The third kappa shape index (κ3) is 25.0. The van der Waals surface area contributed by atoms with Crippen molar-refractivity contribution in [3.63, 3.8) is 0 Å². The first-order valence-electron chi connectivity index (χ1n) is 28.9. The van der Waals surface area contributed by atoms with E-state index in [0.717, 1.165) is 25.1 Å². The first-order valence-corrected chi connectivity index (χ1v) is 34.5. The van der Waals surface area contributed by atoms with Crippen LogP contribution in [0.15, 0.2) is 106 Å². The molecule has 0 unspecified atom stereocenters. The Balaban J connectivity index is 0.000000467. The van der Waals surface area contributed by atoms with Crippen molar-refractivity contribution >= 4 is 134 Å². The number of sulfone groups is 2. The number of aromatic nitrogens is 3. The van der Waals surface area contributed by atoms with E-state index in [9.17, 15) is 57.6 Å². The molecular weight excluding hydrogens is 1420 g/mol. The summed E-state index contributed by atoms with van der Waals surface area (Å²) in [5.74, 6) is -2.79. The van der Waals surface area contributed by atoms with Crippen LogP contribution < -0.4 is 41.2 Å². The molecule has 0 spiro atoms. The molecule has 2 aliphatic heterocycles. The van der Waals surface area contributed by atoms with Gasteiger partial charge in [-0.25, -0.2) is 58.2 Å². The average Bonchev–Trinajstić information content (AvgIpc) is 0.832. The van der Waals surface area contributed by atoms with Crippen LogP contribution in [-0.2, 0) is 33.5 Å². The van der Waals surface area contributed by atoms with Crippen molar-refractivity contribution in [2.45, 2.75) is 106 Å². The van der Waals surface area contributed by atoms with Crippen LogP contribution in [0.2, 0.25) is 0 Å². The molecular formula is C62H82Cl2F3N9O14S6. The van der Waals surface area contributed by atoms with Crippen molar-refractivity contribution in [2.75, 3.05) is 75.0 Å². The van der Waals surface area contributed by atoms with Gasteiger partial charge >= 0.3 is 6.09 Å². The zero-order chi connectivity index (χ0) is 67.9. The second-order valence-electron chi connectivity index (χ2n) is 22.7. The highest BCUT2D eigenvalue weighted by Gasteiger charge is 2.34. The fourth-order valence-corrected chi connectivity index (χ4v) is 13.7. The Labute approximate surface area is 589 Å². The lowest BCUT2D eigenvalue weighted by atomic mass is 10.2. The predicted octanol–water partition coefficient (Wildman–Crippen LogP) is 10.4. The maximum absolute atomic E-state index is 13.5. The maximum atomic E-state index is 13.5. The summed E-state index contributed by atoms with van der Waals surface area (Å²) >= 11 is 0. The number of pyridine rings is 3. The number of amides is 4. The van der Waals surface area contributed by atoms with E-state index in [-0.39, 0.29) is 166 Å². The van der Waals surface area contributed by atoms with E-state index in [1.54, 1.807) is 20.8 Å². The first-order chi connectivity index (χ1) is 43.2. The van der Waals surface area contributed by atoms with Crippen molar-refractivity contribution in [1.82, 2.24) is 25.2 Å². The predicted molar refractivity (Wildman–Crippen MR) is 379 cm³/mol. The average molecular weight is 1500 g/mol. The Hall–Kier alpha value is -6.62. The molecule has 3 aromatic carbocycles. The number of nitrogens with two attached hydrogens (primary N) is 1. The summed E-state index contributed by atoms with van der Waals surface area (Å²) in [6, 6.07) is 19.9. The quantitative estimate of drug-likeness (QED) is 0.0562. The van der Waals surface area contributed by atoms with Crippen LogP contribution in [0.4, 0.5) is 35.4 Å². The minimum Gasteiger partial charge on any atom is -0.496 e. The van der Waals surface area contributed by atoms with Gasteiger partial charge < -0.3 is 50.8 Å². The highest BCUT2D eigenvalue weighted by molar-refractivity contribution is 8.13. The van der Waals surface area contributed by atoms with Gasteiger partial charge in [-0.1, -0.05) is 12.8 Å².